The minimum Gasteiger partial charge on any atom is -0.448 e. The summed E-state index contributed by atoms with van der Waals surface area (Å²) in [6.07, 6.45) is 3.11. The van der Waals surface area contributed by atoms with Crippen LogP contribution in [-0.4, -0.2) is 56.5 Å². The van der Waals surface area contributed by atoms with Crippen LogP contribution in [0.25, 0.3) is 32.9 Å². The molecule has 1 fully saturated rings. The van der Waals surface area contributed by atoms with E-state index in [1.807, 2.05) is 36.4 Å². The van der Waals surface area contributed by atoms with E-state index in [1.165, 1.54) is 23.8 Å². The highest BCUT2D eigenvalue weighted by Crippen LogP contribution is 2.45. The molecule has 2 aromatic heterocycles. The zero-order valence-corrected chi connectivity index (χ0v) is 30.8. The maximum absolute atomic E-state index is 14.0. The molecule has 0 bridgehead atoms. The van der Waals surface area contributed by atoms with E-state index >= 15 is 0 Å². The fraction of sp³-hybridized carbons (Fsp3) is 0.163. The molecule has 5 N–H and O–H groups in total. The van der Waals surface area contributed by atoms with Crippen LogP contribution in [0.5, 0.6) is 0 Å². The summed E-state index contributed by atoms with van der Waals surface area (Å²) in [6, 6.07) is 33.8. The van der Waals surface area contributed by atoms with Crippen molar-refractivity contribution in [1.29, 1.82) is 0 Å². The molecule has 13 heteroatoms. The molecule has 7 aromatic rings. The fourth-order valence-electron chi connectivity index (χ4n) is 7.65. The summed E-state index contributed by atoms with van der Waals surface area (Å²) in [5, 5.41) is 4.62. The van der Waals surface area contributed by atoms with Gasteiger partial charge in [-0.3, -0.25) is 14.4 Å². The highest BCUT2D eigenvalue weighted by Gasteiger charge is 2.44. The minimum absolute atomic E-state index is 0.0258. The van der Waals surface area contributed by atoms with Crippen LogP contribution in [0.2, 0.25) is 5.02 Å². The molecule has 0 atom stereocenters. The van der Waals surface area contributed by atoms with Gasteiger partial charge < -0.3 is 30.7 Å². The second-order valence-corrected chi connectivity index (χ2v) is 14.2. The molecule has 1 aliphatic carbocycles. The van der Waals surface area contributed by atoms with E-state index in [0.29, 0.717) is 64.1 Å². The molecular weight excluding hydrogens is 730 g/mol. The number of halogens is 1. The topological polar surface area (TPSA) is 176 Å². The van der Waals surface area contributed by atoms with Crippen LogP contribution in [-0.2, 0) is 14.9 Å². The van der Waals surface area contributed by atoms with Crippen molar-refractivity contribution in [1.82, 2.24) is 24.8 Å². The standard InChI is InChI=1S/C35H29ClN4O4.C8H7N3O/c36-23-11-9-22(10-12-23)35(33(42)39-24-13-14-29-31(19-24)37-21-38-32(29)41)15-17-40(18-16-35)34(43)44-20-30-27-7-3-1-5-25(27)26-6-2-4-8-28(26)30;9-5-1-2-6-7(3-5)10-4-11-8(6)12/h1-14,19,21,30H,15-18,20H2,(H,39,42)(H,37,38,41);1-4H,9H2,(H,10,11,12). The number of nitrogens with one attached hydrogen (secondary N) is 3. The molecule has 3 heterocycles. The lowest BCUT2D eigenvalue weighted by Gasteiger charge is -2.40. The van der Waals surface area contributed by atoms with Crippen LogP contribution in [0.1, 0.15) is 35.4 Å². The average Bonchev–Trinajstić information content (AvgIpc) is 3.54. The summed E-state index contributed by atoms with van der Waals surface area (Å²) in [7, 11) is 0. The zero-order chi connectivity index (χ0) is 38.8. The van der Waals surface area contributed by atoms with Crippen molar-refractivity contribution in [3.63, 3.8) is 0 Å². The summed E-state index contributed by atoms with van der Waals surface area (Å²) in [5.41, 5.74) is 12.0. The Hall–Kier alpha value is -6.79. The Labute approximate surface area is 325 Å². The maximum atomic E-state index is 14.0. The van der Waals surface area contributed by atoms with Gasteiger partial charge in [-0.15, -0.1) is 0 Å². The molecule has 5 aromatic carbocycles. The predicted octanol–water partition coefficient (Wildman–Crippen LogP) is 7.00. The molecule has 0 saturated carbocycles. The molecule has 0 radical (unpaired) electrons. The molecule has 2 aliphatic rings. The summed E-state index contributed by atoms with van der Waals surface area (Å²) >= 11 is 6.19. The van der Waals surface area contributed by atoms with Gasteiger partial charge in [0.2, 0.25) is 5.91 Å². The molecular formula is C43H36ClN7O5. The van der Waals surface area contributed by atoms with Crippen LogP contribution in [0.15, 0.2) is 131 Å². The third-order valence-corrected chi connectivity index (χ3v) is 10.9. The Kier molecular flexibility index (Phi) is 9.79. The lowest BCUT2D eigenvalue weighted by atomic mass is 9.72. The van der Waals surface area contributed by atoms with Crippen molar-refractivity contribution in [2.24, 2.45) is 0 Å². The first-order chi connectivity index (χ1) is 27.2. The van der Waals surface area contributed by atoms with Gasteiger partial charge >= 0.3 is 6.09 Å². The number of likely N-dealkylation sites (tertiary alicyclic amines) is 1. The number of carbonyl (C=O) groups excluding carboxylic acids is 2. The molecule has 0 unspecified atom stereocenters. The van der Waals surface area contributed by atoms with Crippen molar-refractivity contribution >= 4 is 56.8 Å². The largest absolute Gasteiger partial charge is 0.448 e. The number of benzene rings is 5. The van der Waals surface area contributed by atoms with Gasteiger partial charge in [0, 0.05) is 35.4 Å². The highest BCUT2D eigenvalue weighted by atomic mass is 35.5. The first-order valence-corrected chi connectivity index (χ1v) is 18.5. The maximum Gasteiger partial charge on any atom is 0.409 e. The third kappa shape index (κ3) is 6.98. The Morgan fingerprint density at radius 1 is 0.786 bits per heavy atom. The number of carbonyl (C=O) groups is 2. The number of nitrogens with zero attached hydrogens (tertiary/aromatic N) is 3. The number of hydrogen-bond donors (Lipinski definition) is 4. The number of anilines is 2. The normalized spacial score (nSPS) is 14.3. The number of hydrogen-bond acceptors (Lipinski definition) is 8. The van der Waals surface area contributed by atoms with E-state index < -0.39 is 5.41 Å². The number of aromatic amines is 2. The van der Waals surface area contributed by atoms with Crippen LogP contribution >= 0.6 is 11.6 Å². The lowest BCUT2D eigenvalue weighted by Crippen LogP contribution is -2.51. The number of piperidine rings is 1. The third-order valence-electron chi connectivity index (χ3n) is 10.6. The van der Waals surface area contributed by atoms with E-state index in [0.717, 1.165) is 16.7 Å². The number of H-pyrrole nitrogens is 2. The number of nitrogen functional groups attached to an aromatic ring is 1. The first-order valence-electron chi connectivity index (χ1n) is 18.1. The van der Waals surface area contributed by atoms with Gasteiger partial charge in [0.25, 0.3) is 11.1 Å². The van der Waals surface area contributed by atoms with E-state index in [9.17, 15) is 19.2 Å². The van der Waals surface area contributed by atoms with Crippen molar-refractivity contribution < 1.29 is 14.3 Å². The Bertz CT molecular complexity index is 2680. The smallest absolute Gasteiger partial charge is 0.409 e. The van der Waals surface area contributed by atoms with Crippen molar-refractivity contribution in [2.75, 3.05) is 30.7 Å². The SMILES string of the molecule is Nc1ccc2c(=O)[nH]cnc2c1.O=C(OCC1c2ccccc2-c2ccccc21)N1CCC(C(=O)Nc2ccc3c(=O)[nH]cnc3c2)(c2ccc(Cl)cc2)CC1. The van der Waals surface area contributed by atoms with Gasteiger partial charge in [-0.25, -0.2) is 14.8 Å². The number of rotatable bonds is 5. The summed E-state index contributed by atoms with van der Waals surface area (Å²) < 4.78 is 5.91. The fourth-order valence-corrected chi connectivity index (χ4v) is 7.78. The second kappa shape index (κ2) is 15.2. The number of ether oxygens (including phenoxy) is 1. The molecule has 9 rings (SSSR count). The Morgan fingerprint density at radius 3 is 1.98 bits per heavy atom. The lowest BCUT2D eigenvalue weighted by molar-refractivity contribution is -0.123. The van der Waals surface area contributed by atoms with Crippen molar-refractivity contribution in [3.05, 3.63) is 164 Å². The minimum atomic E-state index is -0.902. The van der Waals surface area contributed by atoms with Crippen LogP contribution < -0.4 is 22.2 Å². The monoisotopic (exact) mass is 765 g/mol. The van der Waals surface area contributed by atoms with Gasteiger partial charge in [0.1, 0.15) is 6.61 Å². The zero-order valence-electron chi connectivity index (χ0n) is 30.0. The van der Waals surface area contributed by atoms with Gasteiger partial charge in [-0.2, -0.15) is 0 Å². The first kappa shape index (κ1) is 36.2. The van der Waals surface area contributed by atoms with E-state index in [4.69, 9.17) is 22.1 Å². The summed E-state index contributed by atoms with van der Waals surface area (Å²) in [5.74, 6) is -0.224. The quantitative estimate of drug-likeness (QED) is 0.135. The predicted molar refractivity (Wildman–Crippen MR) is 217 cm³/mol. The van der Waals surface area contributed by atoms with Gasteiger partial charge in [0.15, 0.2) is 0 Å². The number of nitrogens with two attached hydrogens (primary N) is 1. The molecule has 2 amide bonds. The van der Waals surface area contributed by atoms with Crippen molar-refractivity contribution in [2.45, 2.75) is 24.2 Å². The van der Waals surface area contributed by atoms with E-state index in [-0.39, 0.29) is 35.6 Å². The number of aromatic nitrogens is 4. The van der Waals surface area contributed by atoms with Gasteiger partial charge in [0.05, 0.1) is 39.9 Å². The molecule has 1 saturated heterocycles. The van der Waals surface area contributed by atoms with Gasteiger partial charge in [-0.1, -0.05) is 72.3 Å². The molecule has 280 valence electrons. The van der Waals surface area contributed by atoms with Gasteiger partial charge in [-0.05, 0) is 89.2 Å². The van der Waals surface area contributed by atoms with Crippen molar-refractivity contribution in [3.8, 4) is 11.1 Å². The second-order valence-electron chi connectivity index (χ2n) is 13.8. The Balaban J connectivity index is 0.000000312. The summed E-state index contributed by atoms with van der Waals surface area (Å²) in [4.78, 5) is 65.5. The molecule has 12 nitrogen and oxygen atoms in total. The van der Waals surface area contributed by atoms with Crippen LogP contribution in [0, 0.1) is 0 Å². The van der Waals surface area contributed by atoms with E-state index in [2.05, 4.69) is 49.5 Å². The van der Waals surface area contributed by atoms with E-state index in [1.54, 1.807) is 53.4 Å². The number of fused-ring (bicyclic) bond motifs is 5. The average molecular weight is 766 g/mol. The Morgan fingerprint density at radius 2 is 1.36 bits per heavy atom. The highest BCUT2D eigenvalue weighted by molar-refractivity contribution is 6.30. The molecule has 0 spiro atoms. The van der Waals surface area contributed by atoms with Crippen LogP contribution in [0.4, 0.5) is 16.2 Å². The number of amides is 2. The molecule has 56 heavy (non-hydrogen) atoms. The molecule has 1 aliphatic heterocycles. The van der Waals surface area contributed by atoms with Crippen LogP contribution in [0.3, 0.4) is 0 Å². The summed E-state index contributed by atoms with van der Waals surface area (Å²) in [6.45, 7) is 0.938.